The molecule has 0 saturated heterocycles. The maximum absolute atomic E-state index is 2.51. The van der Waals surface area contributed by atoms with Gasteiger partial charge in [0.2, 0.25) is 0 Å². The summed E-state index contributed by atoms with van der Waals surface area (Å²) < 4.78 is 0. The Bertz CT molecular complexity index is 1950. The van der Waals surface area contributed by atoms with Gasteiger partial charge in [-0.3, -0.25) is 0 Å². The Morgan fingerprint density at radius 2 is 1.21 bits per heavy atom. The van der Waals surface area contributed by atoms with Crippen LogP contribution in [0.3, 0.4) is 0 Å². The molecule has 0 unspecified atom stereocenters. The molecule has 0 heterocycles. The first-order chi connectivity index (χ1) is 20.3. The average Bonchev–Trinajstić information content (AvgIpc) is 3.60. The highest BCUT2D eigenvalue weighted by Gasteiger charge is 2.34. The molecule has 0 N–H and O–H groups in total. The molecule has 0 aliphatic heterocycles. The van der Waals surface area contributed by atoms with Crippen LogP contribution in [0.1, 0.15) is 108 Å². The lowest BCUT2D eigenvalue weighted by molar-refractivity contribution is 0.525. The molecular formula is C43H46. The van der Waals surface area contributed by atoms with Gasteiger partial charge in [-0.25, -0.2) is 0 Å². The van der Waals surface area contributed by atoms with Gasteiger partial charge >= 0.3 is 0 Å². The van der Waals surface area contributed by atoms with Gasteiger partial charge in [0.15, 0.2) is 0 Å². The summed E-state index contributed by atoms with van der Waals surface area (Å²) in [6, 6.07) is 29.3. The zero-order valence-corrected chi connectivity index (χ0v) is 27.5. The lowest BCUT2D eigenvalue weighted by Crippen LogP contribution is -2.34. The summed E-state index contributed by atoms with van der Waals surface area (Å²) in [5, 5.41) is 5.46. The average molecular weight is 563 g/mol. The molecule has 2 aliphatic rings. The van der Waals surface area contributed by atoms with E-state index in [0.717, 1.165) is 6.42 Å². The van der Waals surface area contributed by atoms with E-state index >= 15 is 0 Å². The summed E-state index contributed by atoms with van der Waals surface area (Å²) in [6.07, 6.45) is 10.4. The minimum atomic E-state index is -0.1000. The predicted molar refractivity (Wildman–Crippen MR) is 186 cm³/mol. The van der Waals surface area contributed by atoms with Gasteiger partial charge in [-0.2, -0.15) is 0 Å². The van der Waals surface area contributed by atoms with E-state index in [1.807, 2.05) is 0 Å². The fourth-order valence-corrected chi connectivity index (χ4v) is 7.11. The van der Waals surface area contributed by atoms with E-state index in [-0.39, 0.29) is 16.2 Å². The van der Waals surface area contributed by atoms with Gasteiger partial charge in [-0.1, -0.05) is 159 Å². The molecule has 0 atom stereocenters. The normalized spacial score (nSPS) is 14.3. The van der Waals surface area contributed by atoms with Crippen molar-refractivity contribution in [3.8, 4) is 0 Å². The maximum atomic E-state index is 2.51. The Morgan fingerprint density at radius 1 is 0.628 bits per heavy atom. The molecule has 6 rings (SSSR count). The second-order valence-electron chi connectivity index (χ2n) is 15.4. The van der Waals surface area contributed by atoms with Gasteiger partial charge in [0.25, 0.3) is 0 Å². The van der Waals surface area contributed by atoms with E-state index in [4.69, 9.17) is 0 Å². The van der Waals surface area contributed by atoms with Crippen molar-refractivity contribution < 1.29 is 0 Å². The topological polar surface area (TPSA) is 0 Å². The Labute approximate surface area is 258 Å². The first kappa shape index (κ1) is 29.2. The third-order valence-corrected chi connectivity index (χ3v) is 8.99. The minimum Gasteiger partial charge on any atom is -0.0801 e. The molecule has 0 amide bonds. The Kier molecular flexibility index (Phi) is 7.04. The Hall–Kier alpha value is -3.90. The Morgan fingerprint density at radius 3 is 1.70 bits per heavy atom. The Balaban J connectivity index is 2.02. The summed E-state index contributed by atoms with van der Waals surface area (Å²) in [7, 11) is 0. The van der Waals surface area contributed by atoms with Crippen LogP contribution < -0.4 is 10.4 Å². The second-order valence-corrected chi connectivity index (χ2v) is 15.4. The van der Waals surface area contributed by atoms with Crippen LogP contribution in [0.5, 0.6) is 0 Å². The highest BCUT2D eigenvalue weighted by molar-refractivity contribution is 5.87. The highest BCUT2D eigenvalue weighted by Crippen LogP contribution is 2.42. The number of benzene rings is 4. The summed E-state index contributed by atoms with van der Waals surface area (Å²) in [5.74, 6) is 0. The standard InChI is InChI=1S/C43H46/c1-41(2,3)32-24-25-33-31(26-32)27-34-36(30-22-16-17-23-30)39(42(4,5)6)40(43(7,8)9)38(37(33)34)35(28-18-12-10-13-19-28)29-20-14-11-15-21-29/h10-22,24-27H,23H2,1-9H3. The van der Waals surface area contributed by atoms with E-state index in [0.29, 0.717) is 0 Å². The van der Waals surface area contributed by atoms with Crippen molar-refractivity contribution in [2.45, 2.75) is 85.0 Å². The SMILES string of the molecule is CC(C)(C)c1ccc2c(c1)=Cc1c(C3=CC=CC3)c(C(C)(C)C)c(C(C)(C)C)c(=C(c3ccccc3)c3ccccc3)c1=2. The molecule has 0 heteroatoms. The minimum absolute atomic E-state index is 0.0666. The molecule has 43 heavy (non-hydrogen) atoms. The van der Waals surface area contributed by atoms with E-state index in [1.165, 1.54) is 71.0 Å². The van der Waals surface area contributed by atoms with E-state index in [9.17, 15) is 0 Å². The maximum Gasteiger partial charge on any atom is -0.00168 e. The van der Waals surface area contributed by atoms with Gasteiger partial charge in [0, 0.05) is 0 Å². The molecule has 4 aromatic rings. The van der Waals surface area contributed by atoms with Crippen molar-refractivity contribution in [3.63, 3.8) is 0 Å². The quantitative estimate of drug-likeness (QED) is 0.205. The first-order valence-electron chi connectivity index (χ1n) is 15.9. The molecule has 0 nitrogen and oxygen atoms in total. The third-order valence-electron chi connectivity index (χ3n) is 8.99. The van der Waals surface area contributed by atoms with Crippen LogP contribution >= 0.6 is 0 Å². The largest absolute Gasteiger partial charge is 0.0801 e. The van der Waals surface area contributed by atoms with E-state index in [1.54, 1.807) is 0 Å². The zero-order valence-electron chi connectivity index (χ0n) is 27.5. The highest BCUT2D eigenvalue weighted by atomic mass is 14.4. The molecule has 0 radical (unpaired) electrons. The third kappa shape index (κ3) is 5.16. The number of fused-ring (bicyclic) bond motifs is 2. The molecular weight excluding hydrogens is 516 g/mol. The summed E-state index contributed by atoms with van der Waals surface area (Å²) in [6.45, 7) is 21.4. The van der Waals surface area contributed by atoms with E-state index < -0.39 is 0 Å². The van der Waals surface area contributed by atoms with Crippen LogP contribution in [0.2, 0.25) is 0 Å². The first-order valence-corrected chi connectivity index (χ1v) is 15.9. The molecule has 0 spiro atoms. The molecule has 0 bridgehead atoms. The molecule has 0 aromatic heterocycles. The number of allylic oxidation sites excluding steroid dienone is 4. The van der Waals surface area contributed by atoms with Gasteiger partial charge in [-0.15, -0.1) is 0 Å². The van der Waals surface area contributed by atoms with Crippen molar-refractivity contribution in [2.75, 3.05) is 0 Å². The van der Waals surface area contributed by atoms with Crippen molar-refractivity contribution in [1.29, 1.82) is 0 Å². The molecule has 0 saturated carbocycles. The molecule has 2 aliphatic carbocycles. The van der Waals surface area contributed by atoms with Gasteiger partial charge in [0.1, 0.15) is 0 Å². The van der Waals surface area contributed by atoms with Crippen molar-refractivity contribution in [1.82, 2.24) is 0 Å². The van der Waals surface area contributed by atoms with Crippen molar-refractivity contribution in [2.24, 2.45) is 0 Å². The monoisotopic (exact) mass is 562 g/mol. The molecule has 218 valence electrons. The van der Waals surface area contributed by atoms with Crippen LogP contribution in [0.4, 0.5) is 0 Å². The predicted octanol–water partition coefficient (Wildman–Crippen LogP) is 9.60. The number of rotatable bonds is 3. The summed E-state index contributed by atoms with van der Waals surface area (Å²) in [5.41, 5.74) is 12.3. The summed E-state index contributed by atoms with van der Waals surface area (Å²) >= 11 is 0. The van der Waals surface area contributed by atoms with Gasteiger partial charge < -0.3 is 0 Å². The lowest BCUT2D eigenvalue weighted by Gasteiger charge is -2.35. The second kappa shape index (κ2) is 10.4. The van der Waals surface area contributed by atoms with Crippen molar-refractivity contribution >= 4 is 17.2 Å². The molecule has 0 fully saturated rings. The summed E-state index contributed by atoms with van der Waals surface area (Å²) in [4.78, 5) is 0. The zero-order chi connectivity index (χ0) is 30.7. The molecule has 4 aromatic carbocycles. The van der Waals surface area contributed by atoms with Crippen LogP contribution in [0, 0.1) is 10.4 Å². The lowest BCUT2D eigenvalue weighted by atomic mass is 9.68. The number of hydrogen-bond donors (Lipinski definition) is 0. The van der Waals surface area contributed by atoms with Gasteiger partial charge in [0.05, 0.1) is 0 Å². The van der Waals surface area contributed by atoms with Crippen LogP contribution in [0.25, 0.3) is 17.2 Å². The number of hydrogen-bond acceptors (Lipinski definition) is 0. The van der Waals surface area contributed by atoms with Crippen LogP contribution in [0.15, 0.2) is 97.1 Å². The van der Waals surface area contributed by atoms with Crippen molar-refractivity contribution in [3.05, 3.63) is 157 Å². The van der Waals surface area contributed by atoms with Crippen LogP contribution in [-0.4, -0.2) is 0 Å². The fourth-order valence-electron chi connectivity index (χ4n) is 7.11. The van der Waals surface area contributed by atoms with E-state index in [2.05, 4.69) is 165 Å². The van der Waals surface area contributed by atoms with Gasteiger partial charge in [-0.05, 0) is 99.7 Å². The fraction of sp³-hybridized carbons (Fsp3) is 0.302. The van der Waals surface area contributed by atoms with Crippen LogP contribution in [-0.2, 0) is 16.2 Å². The smallest absolute Gasteiger partial charge is 0.00168 e.